The van der Waals surface area contributed by atoms with Crippen LogP contribution >= 0.6 is 0 Å². The molecule has 0 aromatic carbocycles. The number of piperazine rings is 1. The van der Waals surface area contributed by atoms with E-state index >= 15 is 0 Å². The molecule has 1 unspecified atom stereocenters. The molecule has 1 rings (SSSR count). The Labute approximate surface area is 69.1 Å². The highest BCUT2D eigenvalue weighted by atomic mass is 15.3. The minimum atomic E-state index is 0.554. The Morgan fingerprint density at radius 1 is 1.27 bits per heavy atom. The van der Waals surface area contributed by atoms with Crippen molar-refractivity contribution in [2.75, 3.05) is 32.7 Å². The van der Waals surface area contributed by atoms with Crippen molar-refractivity contribution in [1.29, 1.82) is 0 Å². The van der Waals surface area contributed by atoms with Crippen molar-refractivity contribution in [3.63, 3.8) is 0 Å². The van der Waals surface area contributed by atoms with E-state index in [1.165, 1.54) is 0 Å². The normalized spacial score (nSPS) is 25.9. The summed E-state index contributed by atoms with van der Waals surface area (Å²) in [6.45, 7) is 9.98. The number of likely N-dealkylation sites (N-methyl/N-ethyl adjacent to an activating group) is 1. The van der Waals surface area contributed by atoms with Crippen molar-refractivity contribution in [3.8, 4) is 0 Å². The van der Waals surface area contributed by atoms with Crippen molar-refractivity contribution in [3.05, 3.63) is 0 Å². The molecule has 0 aromatic rings. The van der Waals surface area contributed by atoms with E-state index in [9.17, 15) is 0 Å². The van der Waals surface area contributed by atoms with Gasteiger partial charge < -0.3 is 5.32 Å². The van der Waals surface area contributed by atoms with Gasteiger partial charge in [0.2, 0.25) is 0 Å². The maximum absolute atomic E-state index is 3.48. The minimum absolute atomic E-state index is 0.554. The molecule has 1 heterocycles. The summed E-state index contributed by atoms with van der Waals surface area (Å²) in [5, 5.41) is 6.86. The monoisotopic (exact) mass is 157 g/mol. The highest BCUT2D eigenvalue weighted by Gasteiger charge is 2.16. The molecule has 0 saturated carbocycles. The predicted molar refractivity (Wildman–Crippen MR) is 47.6 cm³/mol. The zero-order chi connectivity index (χ0) is 8.10. The molecule has 66 valence electrons. The smallest absolute Gasteiger partial charge is 0.0726 e. The first-order valence-corrected chi connectivity index (χ1v) is 4.56. The zero-order valence-electron chi connectivity index (χ0n) is 7.56. The van der Waals surface area contributed by atoms with E-state index in [0.717, 1.165) is 32.7 Å². The van der Waals surface area contributed by atoms with Crippen molar-refractivity contribution in [1.82, 2.24) is 15.5 Å². The number of nitrogens with zero attached hydrogens (tertiary/aromatic N) is 1. The van der Waals surface area contributed by atoms with Crippen LogP contribution in [0.25, 0.3) is 0 Å². The standard InChI is InChI=1S/C8H19N3/c1-3-11(4-2)8-7-9-5-6-10-8/h8-10H,3-7H2,1-2H3. The molecule has 1 aliphatic rings. The first-order chi connectivity index (χ1) is 5.38. The Morgan fingerprint density at radius 2 is 2.00 bits per heavy atom. The molecule has 11 heavy (non-hydrogen) atoms. The van der Waals surface area contributed by atoms with Crippen LogP contribution in [-0.2, 0) is 0 Å². The van der Waals surface area contributed by atoms with Crippen molar-refractivity contribution < 1.29 is 0 Å². The fourth-order valence-corrected chi connectivity index (χ4v) is 1.56. The van der Waals surface area contributed by atoms with Gasteiger partial charge >= 0.3 is 0 Å². The molecule has 0 bridgehead atoms. The molecule has 2 N–H and O–H groups in total. The van der Waals surface area contributed by atoms with E-state index in [4.69, 9.17) is 0 Å². The first-order valence-electron chi connectivity index (χ1n) is 4.56. The molecular formula is C8H19N3. The maximum atomic E-state index is 3.48. The topological polar surface area (TPSA) is 27.3 Å². The Hall–Kier alpha value is -0.120. The van der Waals surface area contributed by atoms with E-state index in [1.54, 1.807) is 0 Å². The number of rotatable bonds is 3. The lowest BCUT2D eigenvalue weighted by Gasteiger charge is -2.33. The summed E-state index contributed by atoms with van der Waals surface area (Å²) in [4.78, 5) is 2.44. The largest absolute Gasteiger partial charge is 0.313 e. The Morgan fingerprint density at radius 3 is 2.45 bits per heavy atom. The van der Waals surface area contributed by atoms with Crippen LogP contribution in [0.5, 0.6) is 0 Å². The minimum Gasteiger partial charge on any atom is -0.313 e. The average Bonchev–Trinajstić information content (AvgIpc) is 2.09. The van der Waals surface area contributed by atoms with Gasteiger partial charge in [-0.15, -0.1) is 0 Å². The van der Waals surface area contributed by atoms with Crippen LogP contribution in [0.15, 0.2) is 0 Å². The summed E-state index contributed by atoms with van der Waals surface area (Å²) in [5.41, 5.74) is 0. The van der Waals surface area contributed by atoms with Crippen LogP contribution in [0, 0.1) is 0 Å². The molecule has 0 amide bonds. The van der Waals surface area contributed by atoms with Crippen LogP contribution in [0.2, 0.25) is 0 Å². The van der Waals surface area contributed by atoms with Crippen LogP contribution < -0.4 is 10.6 Å². The Balaban J connectivity index is 2.30. The molecule has 1 atom stereocenters. The average molecular weight is 157 g/mol. The molecule has 0 aromatic heterocycles. The molecule has 1 aliphatic heterocycles. The van der Waals surface area contributed by atoms with Gasteiger partial charge in [-0.1, -0.05) is 13.8 Å². The fourth-order valence-electron chi connectivity index (χ4n) is 1.56. The molecule has 3 heteroatoms. The molecular weight excluding hydrogens is 138 g/mol. The molecule has 3 nitrogen and oxygen atoms in total. The molecule has 0 aliphatic carbocycles. The summed E-state index contributed by atoms with van der Waals surface area (Å²) in [7, 11) is 0. The van der Waals surface area contributed by atoms with Gasteiger partial charge in [-0.25, -0.2) is 0 Å². The lowest BCUT2D eigenvalue weighted by atomic mass is 10.3. The fraction of sp³-hybridized carbons (Fsp3) is 1.00. The van der Waals surface area contributed by atoms with Crippen LogP contribution in [0.1, 0.15) is 13.8 Å². The van der Waals surface area contributed by atoms with Gasteiger partial charge in [-0.2, -0.15) is 0 Å². The van der Waals surface area contributed by atoms with Gasteiger partial charge in [-0.05, 0) is 13.1 Å². The number of hydrogen-bond donors (Lipinski definition) is 2. The number of hydrogen-bond acceptors (Lipinski definition) is 3. The first kappa shape index (κ1) is 8.97. The summed E-state index contributed by atoms with van der Waals surface area (Å²) >= 11 is 0. The predicted octanol–water partition coefficient (Wildman–Crippen LogP) is -0.153. The van der Waals surface area contributed by atoms with E-state index < -0.39 is 0 Å². The lowest BCUT2D eigenvalue weighted by molar-refractivity contribution is 0.163. The zero-order valence-corrected chi connectivity index (χ0v) is 7.56. The maximum Gasteiger partial charge on any atom is 0.0726 e. The second-order valence-corrected chi connectivity index (χ2v) is 2.90. The summed E-state index contributed by atoms with van der Waals surface area (Å²) in [6, 6.07) is 0. The molecule has 0 radical (unpaired) electrons. The van der Waals surface area contributed by atoms with Crippen LogP contribution in [-0.4, -0.2) is 43.8 Å². The van der Waals surface area contributed by atoms with Gasteiger partial charge in [-0.3, -0.25) is 10.2 Å². The van der Waals surface area contributed by atoms with Gasteiger partial charge in [0.05, 0.1) is 6.17 Å². The van der Waals surface area contributed by atoms with Crippen molar-refractivity contribution in [2.45, 2.75) is 20.0 Å². The Kier molecular flexibility index (Phi) is 3.83. The second-order valence-electron chi connectivity index (χ2n) is 2.90. The third-order valence-electron chi connectivity index (χ3n) is 2.27. The third-order valence-corrected chi connectivity index (χ3v) is 2.27. The number of nitrogens with one attached hydrogen (secondary N) is 2. The van der Waals surface area contributed by atoms with Gasteiger partial charge in [0.1, 0.15) is 0 Å². The third kappa shape index (κ3) is 2.43. The van der Waals surface area contributed by atoms with Gasteiger partial charge in [0, 0.05) is 19.6 Å². The summed E-state index contributed by atoms with van der Waals surface area (Å²) in [5.74, 6) is 0. The van der Waals surface area contributed by atoms with E-state index in [-0.39, 0.29) is 0 Å². The quantitative estimate of drug-likeness (QED) is 0.596. The highest BCUT2D eigenvalue weighted by Crippen LogP contribution is 1.96. The molecule has 1 saturated heterocycles. The van der Waals surface area contributed by atoms with E-state index in [2.05, 4.69) is 29.4 Å². The Bertz CT molecular complexity index is 95.5. The second kappa shape index (κ2) is 4.70. The lowest BCUT2D eigenvalue weighted by Crippen LogP contribution is -2.57. The highest BCUT2D eigenvalue weighted by molar-refractivity contribution is 4.75. The van der Waals surface area contributed by atoms with E-state index in [1.807, 2.05) is 0 Å². The van der Waals surface area contributed by atoms with Gasteiger partial charge in [0.15, 0.2) is 0 Å². The molecule has 1 fully saturated rings. The summed E-state index contributed by atoms with van der Waals surface area (Å²) < 4.78 is 0. The van der Waals surface area contributed by atoms with Gasteiger partial charge in [0.25, 0.3) is 0 Å². The SMILES string of the molecule is CCN(CC)C1CNCCN1. The van der Waals surface area contributed by atoms with Crippen LogP contribution in [0.4, 0.5) is 0 Å². The van der Waals surface area contributed by atoms with Crippen LogP contribution in [0.3, 0.4) is 0 Å². The molecule has 0 spiro atoms. The van der Waals surface area contributed by atoms with Crippen molar-refractivity contribution >= 4 is 0 Å². The van der Waals surface area contributed by atoms with E-state index in [0.29, 0.717) is 6.17 Å². The van der Waals surface area contributed by atoms with Crippen molar-refractivity contribution in [2.24, 2.45) is 0 Å². The summed E-state index contributed by atoms with van der Waals surface area (Å²) in [6.07, 6.45) is 0.554.